The Morgan fingerprint density at radius 2 is 1.82 bits per heavy atom. The lowest BCUT2D eigenvalue weighted by Crippen LogP contribution is -2.40. The summed E-state index contributed by atoms with van der Waals surface area (Å²) in [5, 5.41) is 3.35. The molecule has 0 radical (unpaired) electrons. The number of unbranched alkanes of at least 4 members (excludes halogenated alkanes) is 1. The summed E-state index contributed by atoms with van der Waals surface area (Å²) in [6, 6.07) is 14.9. The van der Waals surface area contributed by atoms with E-state index in [1.54, 1.807) is 12.1 Å². The van der Waals surface area contributed by atoms with E-state index in [1.165, 1.54) is 0 Å². The summed E-state index contributed by atoms with van der Waals surface area (Å²) in [7, 11) is 0. The zero-order valence-corrected chi connectivity index (χ0v) is 19.5. The van der Waals surface area contributed by atoms with Gasteiger partial charge in [-0.1, -0.05) is 68.7 Å². The highest BCUT2D eigenvalue weighted by Gasteiger charge is 2.49. The summed E-state index contributed by atoms with van der Waals surface area (Å²) >= 11 is 0. The van der Waals surface area contributed by atoms with E-state index in [9.17, 15) is 9.59 Å². The zero-order chi connectivity index (χ0) is 24.1. The molecule has 8 nitrogen and oxygen atoms in total. The van der Waals surface area contributed by atoms with Gasteiger partial charge in [0.1, 0.15) is 11.4 Å². The average molecular weight is 462 g/mol. The molecule has 0 unspecified atom stereocenters. The molecule has 0 bridgehead atoms. The maximum Gasteiger partial charge on any atom is 0.366 e. The Hall–Kier alpha value is -3.68. The van der Waals surface area contributed by atoms with Gasteiger partial charge in [0.25, 0.3) is 5.91 Å². The van der Waals surface area contributed by atoms with Crippen molar-refractivity contribution >= 4 is 23.7 Å². The molecule has 34 heavy (non-hydrogen) atoms. The van der Waals surface area contributed by atoms with Crippen molar-refractivity contribution in [2.24, 2.45) is 21.6 Å². The van der Waals surface area contributed by atoms with Crippen LogP contribution in [-0.2, 0) is 16.2 Å². The van der Waals surface area contributed by atoms with Crippen LogP contribution in [-0.4, -0.2) is 34.1 Å². The minimum Gasteiger partial charge on any atom is -0.367 e. The molecule has 1 fully saturated rings. The molecule has 178 valence electrons. The number of hydrogen-bond donors (Lipinski definition) is 2. The Labute approximate surface area is 199 Å². The number of nitrogens with two attached hydrogens (primary N) is 2. The standard InChI is InChI=1S/C26H31N5O3/c1-2-3-10-22-29-26(15-6-7-16-26)24(33)31(22)17-18-11-13-19(14-12-18)20-8-4-5-9-21(20)23(32)34-30-25(27)28/h4-5,8-9,11-14H,2-3,6-7,10,15-17H2,1H3,(H4,27,28,30). The van der Waals surface area contributed by atoms with Crippen LogP contribution in [0.15, 0.2) is 58.7 Å². The normalized spacial score (nSPS) is 16.6. The maximum atomic E-state index is 13.4. The quantitative estimate of drug-likeness (QED) is 0.267. The third-order valence-corrected chi connectivity index (χ3v) is 6.47. The van der Waals surface area contributed by atoms with Crippen molar-refractivity contribution in [1.29, 1.82) is 0 Å². The van der Waals surface area contributed by atoms with E-state index in [4.69, 9.17) is 21.3 Å². The van der Waals surface area contributed by atoms with Gasteiger partial charge >= 0.3 is 5.97 Å². The molecule has 1 heterocycles. The number of rotatable bonds is 8. The van der Waals surface area contributed by atoms with Crippen LogP contribution < -0.4 is 11.5 Å². The third-order valence-electron chi connectivity index (χ3n) is 6.47. The number of amides is 1. The Morgan fingerprint density at radius 1 is 1.12 bits per heavy atom. The van der Waals surface area contributed by atoms with Crippen molar-refractivity contribution in [2.75, 3.05) is 0 Å². The van der Waals surface area contributed by atoms with Crippen LogP contribution in [0.2, 0.25) is 0 Å². The van der Waals surface area contributed by atoms with Crippen molar-refractivity contribution in [3.05, 3.63) is 59.7 Å². The van der Waals surface area contributed by atoms with Crippen LogP contribution in [0.1, 0.15) is 67.8 Å². The van der Waals surface area contributed by atoms with Gasteiger partial charge in [-0.2, -0.15) is 0 Å². The first kappa shape index (κ1) is 23.5. The molecule has 1 saturated carbocycles. The number of amidine groups is 1. The van der Waals surface area contributed by atoms with Gasteiger partial charge in [0.15, 0.2) is 0 Å². The van der Waals surface area contributed by atoms with Crippen LogP contribution in [0.25, 0.3) is 11.1 Å². The summed E-state index contributed by atoms with van der Waals surface area (Å²) in [6.07, 6.45) is 6.73. The van der Waals surface area contributed by atoms with Crippen molar-refractivity contribution in [1.82, 2.24) is 4.90 Å². The second-order valence-corrected chi connectivity index (χ2v) is 8.90. The molecule has 2 aliphatic rings. The molecule has 1 aliphatic heterocycles. The van der Waals surface area contributed by atoms with Crippen molar-refractivity contribution in [3.63, 3.8) is 0 Å². The van der Waals surface area contributed by atoms with E-state index in [1.807, 2.05) is 41.3 Å². The number of oxime groups is 1. The van der Waals surface area contributed by atoms with Gasteiger partial charge in [-0.15, -0.1) is 0 Å². The minimum absolute atomic E-state index is 0.146. The molecule has 2 aromatic rings. The number of nitrogens with zero attached hydrogens (tertiary/aromatic N) is 3. The predicted octanol–water partition coefficient (Wildman–Crippen LogP) is 3.94. The molecule has 1 aliphatic carbocycles. The van der Waals surface area contributed by atoms with Crippen LogP contribution >= 0.6 is 0 Å². The molecule has 4 N–H and O–H groups in total. The van der Waals surface area contributed by atoms with Crippen molar-refractivity contribution < 1.29 is 14.4 Å². The number of hydrogen-bond acceptors (Lipinski definition) is 5. The first-order valence-electron chi connectivity index (χ1n) is 11.8. The molecule has 0 aromatic heterocycles. The molecular formula is C26H31N5O3. The van der Waals surface area contributed by atoms with Gasteiger partial charge in [0, 0.05) is 6.42 Å². The van der Waals surface area contributed by atoms with Crippen LogP contribution in [0.4, 0.5) is 0 Å². The van der Waals surface area contributed by atoms with Gasteiger partial charge in [0.05, 0.1) is 12.1 Å². The molecule has 8 heteroatoms. The largest absolute Gasteiger partial charge is 0.367 e. The average Bonchev–Trinajstić information content (AvgIpc) is 3.42. The molecule has 1 amide bonds. The van der Waals surface area contributed by atoms with E-state index in [0.717, 1.165) is 61.9 Å². The van der Waals surface area contributed by atoms with Crippen LogP contribution in [0.5, 0.6) is 0 Å². The molecule has 2 aromatic carbocycles. The fraction of sp³-hybridized carbons (Fsp3) is 0.385. The van der Waals surface area contributed by atoms with Crippen LogP contribution in [0, 0.1) is 0 Å². The van der Waals surface area contributed by atoms with Gasteiger partial charge in [-0.25, -0.2) is 4.79 Å². The van der Waals surface area contributed by atoms with E-state index in [2.05, 4.69) is 12.1 Å². The summed E-state index contributed by atoms with van der Waals surface area (Å²) in [6.45, 7) is 2.65. The molecule has 4 rings (SSSR count). The molecular weight excluding hydrogens is 430 g/mol. The summed E-state index contributed by atoms with van der Waals surface area (Å²) < 4.78 is 0. The second kappa shape index (κ2) is 10.1. The number of carbonyl (C=O) groups is 2. The number of aliphatic imine (C=N–C) groups is 1. The van der Waals surface area contributed by atoms with Crippen LogP contribution in [0.3, 0.4) is 0 Å². The highest BCUT2D eigenvalue weighted by molar-refractivity contribution is 6.08. The van der Waals surface area contributed by atoms with Crippen molar-refractivity contribution in [3.8, 4) is 11.1 Å². The number of carbonyl (C=O) groups excluding carboxylic acids is 2. The van der Waals surface area contributed by atoms with Gasteiger partial charge < -0.3 is 16.3 Å². The van der Waals surface area contributed by atoms with Gasteiger partial charge in [0.2, 0.25) is 5.96 Å². The summed E-state index contributed by atoms with van der Waals surface area (Å²) in [5.74, 6) is 0.0981. The SMILES string of the molecule is CCCCC1=NC2(CCCC2)C(=O)N1Cc1ccc(-c2ccccc2C(=O)ON=C(N)N)cc1. The minimum atomic E-state index is -0.644. The van der Waals surface area contributed by atoms with Gasteiger partial charge in [-0.05, 0) is 47.2 Å². The highest BCUT2D eigenvalue weighted by atomic mass is 16.7. The third kappa shape index (κ3) is 4.81. The van der Waals surface area contributed by atoms with Crippen molar-refractivity contribution in [2.45, 2.75) is 64.0 Å². The Bertz CT molecular complexity index is 1110. The summed E-state index contributed by atoms with van der Waals surface area (Å²) in [5.41, 5.74) is 12.9. The lowest BCUT2D eigenvalue weighted by Gasteiger charge is -2.23. The van der Waals surface area contributed by atoms with E-state index in [0.29, 0.717) is 17.7 Å². The Morgan fingerprint density at radius 3 is 2.50 bits per heavy atom. The maximum absolute atomic E-state index is 13.4. The van der Waals surface area contributed by atoms with E-state index >= 15 is 0 Å². The van der Waals surface area contributed by atoms with Gasteiger partial charge in [-0.3, -0.25) is 14.7 Å². The molecule has 0 atom stereocenters. The fourth-order valence-corrected chi connectivity index (χ4v) is 4.73. The summed E-state index contributed by atoms with van der Waals surface area (Å²) in [4.78, 5) is 37.4. The molecule has 0 saturated heterocycles. The fourth-order valence-electron chi connectivity index (χ4n) is 4.73. The predicted molar refractivity (Wildman–Crippen MR) is 132 cm³/mol. The lowest BCUT2D eigenvalue weighted by molar-refractivity contribution is -0.131. The number of benzene rings is 2. The Kier molecular flexibility index (Phi) is 6.95. The number of guanidine groups is 1. The molecule has 1 spiro atoms. The second-order valence-electron chi connectivity index (χ2n) is 8.90. The smallest absolute Gasteiger partial charge is 0.366 e. The Balaban J connectivity index is 1.54. The van der Waals surface area contributed by atoms with E-state index < -0.39 is 11.5 Å². The lowest BCUT2D eigenvalue weighted by atomic mass is 9.97. The topological polar surface area (TPSA) is 123 Å². The zero-order valence-electron chi connectivity index (χ0n) is 19.5. The van der Waals surface area contributed by atoms with E-state index in [-0.39, 0.29) is 11.9 Å². The first-order valence-corrected chi connectivity index (χ1v) is 11.8. The first-order chi connectivity index (χ1) is 16.4. The monoisotopic (exact) mass is 461 g/mol. The highest BCUT2D eigenvalue weighted by Crippen LogP contribution is 2.40.